The molecule has 0 saturated heterocycles. The lowest BCUT2D eigenvalue weighted by Gasteiger charge is -2.33. The molecule has 190 valence electrons. The molecule has 0 spiro atoms. The van der Waals surface area contributed by atoms with E-state index in [9.17, 15) is 9.59 Å². The van der Waals surface area contributed by atoms with Crippen molar-refractivity contribution in [1.29, 1.82) is 0 Å². The molecule has 0 radical (unpaired) electrons. The van der Waals surface area contributed by atoms with E-state index in [0.717, 1.165) is 16.7 Å². The molecule has 0 aliphatic heterocycles. The Labute approximate surface area is 223 Å². The van der Waals surface area contributed by atoms with Gasteiger partial charge in [-0.05, 0) is 57.0 Å². The minimum absolute atomic E-state index is 0.226. The Hall–Kier alpha value is -3.02. The number of hydrogen-bond acceptors (Lipinski definition) is 3. The fourth-order valence-corrected chi connectivity index (χ4v) is 4.17. The van der Waals surface area contributed by atoms with Crippen molar-refractivity contribution in [3.8, 4) is 5.75 Å². The van der Waals surface area contributed by atoms with E-state index in [0.29, 0.717) is 22.2 Å². The third kappa shape index (κ3) is 8.28. The number of nitrogens with zero attached hydrogens (tertiary/aromatic N) is 1. The maximum Gasteiger partial charge on any atom is 0.261 e. The summed E-state index contributed by atoms with van der Waals surface area (Å²) in [5, 5.41) is 3.83. The molecule has 3 rings (SSSR count). The fourth-order valence-electron chi connectivity index (χ4n) is 3.71. The van der Waals surface area contributed by atoms with Gasteiger partial charge >= 0.3 is 0 Å². The van der Waals surface area contributed by atoms with Gasteiger partial charge in [0.1, 0.15) is 11.8 Å². The normalized spacial score (nSPS) is 12.1. The first-order valence-corrected chi connectivity index (χ1v) is 12.6. The number of halogens is 2. The van der Waals surface area contributed by atoms with Crippen molar-refractivity contribution < 1.29 is 14.3 Å². The van der Waals surface area contributed by atoms with Crippen LogP contribution in [-0.2, 0) is 22.6 Å². The zero-order valence-corrected chi connectivity index (χ0v) is 22.6. The van der Waals surface area contributed by atoms with Crippen molar-refractivity contribution in [1.82, 2.24) is 10.2 Å². The third-order valence-electron chi connectivity index (χ3n) is 5.49. The fraction of sp³-hybridized carbons (Fsp3) is 0.310. The summed E-state index contributed by atoms with van der Waals surface area (Å²) in [5.41, 5.74) is 2.52. The lowest BCUT2D eigenvalue weighted by molar-refractivity contribution is -0.143. The predicted molar refractivity (Wildman–Crippen MR) is 146 cm³/mol. The summed E-state index contributed by atoms with van der Waals surface area (Å²) in [5.74, 6) is -0.202. The van der Waals surface area contributed by atoms with Crippen LogP contribution in [0.25, 0.3) is 0 Å². The molecule has 1 atom stereocenters. The van der Waals surface area contributed by atoms with E-state index in [2.05, 4.69) is 5.32 Å². The zero-order valence-electron chi connectivity index (χ0n) is 21.1. The van der Waals surface area contributed by atoms with Gasteiger partial charge in [0, 0.05) is 23.5 Å². The Morgan fingerprint density at radius 2 is 1.61 bits per heavy atom. The standard InChI is InChI=1S/C29H32Cl2N2O3/c1-20-10-12-22(13-11-20)18-33(27(34)19-36-26-15-14-23(30)17-24(26)31)25(28(35)32-29(2,3)4)16-21-8-6-5-7-9-21/h5-15,17,25H,16,18-19H2,1-4H3,(H,32,35)/t25-/m0/s1. The van der Waals surface area contributed by atoms with Gasteiger partial charge in [-0.2, -0.15) is 0 Å². The van der Waals surface area contributed by atoms with Crippen molar-refractivity contribution in [2.45, 2.75) is 52.2 Å². The van der Waals surface area contributed by atoms with E-state index < -0.39 is 11.6 Å². The monoisotopic (exact) mass is 526 g/mol. The summed E-state index contributed by atoms with van der Waals surface area (Å²) < 4.78 is 5.76. The second kappa shape index (κ2) is 12.3. The topological polar surface area (TPSA) is 58.6 Å². The highest BCUT2D eigenvalue weighted by atomic mass is 35.5. The zero-order chi connectivity index (χ0) is 26.3. The Balaban J connectivity index is 1.93. The van der Waals surface area contributed by atoms with Gasteiger partial charge < -0.3 is 15.0 Å². The molecule has 0 bridgehead atoms. The van der Waals surface area contributed by atoms with Crippen LogP contribution in [-0.4, -0.2) is 34.9 Å². The highest BCUT2D eigenvalue weighted by Gasteiger charge is 2.32. The highest BCUT2D eigenvalue weighted by Crippen LogP contribution is 2.27. The molecule has 3 aromatic carbocycles. The van der Waals surface area contributed by atoms with E-state index in [4.69, 9.17) is 27.9 Å². The van der Waals surface area contributed by atoms with Crippen molar-refractivity contribution in [3.05, 3.63) is 99.5 Å². The summed E-state index contributed by atoms with van der Waals surface area (Å²) in [7, 11) is 0. The maximum atomic E-state index is 13.6. The Morgan fingerprint density at radius 3 is 2.22 bits per heavy atom. The number of carbonyl (C=O) groups excluding carboxylic acids is 2. The summed E-state index contributed by atoms with van der Waals surface area (Å²) in [6, 6.07) is 21.7. The minimum atomic E-state index is -0.746. The summed E-state index contributed by atoms with van der Waals surface area (Å²) in [6.45, 7) is 7.74. The molecular weight excluding hydrogens is 495 g/mol. The Morgan fingerprint density at radius 1 is 0.944 bits per heavy atom. The number of carbonyl (C=O) groups is 2. The summed E-state index contributed by atoms with van der Waals surface area (Å²) >= 11 is 12.2. The Bertz CT molecular complexity index is 1180. The average Bonchev–Trinajstić information content (AvgIpc) is 2.81. The molecule has 1 N–H and O–H groups in total. The van der Waals surface area contributed by atoms with Gasteiger partial charge in [0.15, 0.2) is 6.61 Å². The molecule has 36 heavy (non-hydrogen) atoms. The molecule has 0 unspecified atom stereocenters. The lowest BCUT2D eigenvalue weighted by Crippen LogP contribution is -2.55. The van der Waals surface area contributed by atoms with Gasteiger partial charge in [-0.25, -0.2) is 0 Å². The SMILES string of the molecule is Cc1ccc(CN(C(=O)COc2ccc(Cl)cc2Cl)[C@@H](Cc2ccccc2)C(=O)NC(C)(C)C)cc1. The average molecular weight is 527 g/mol. The largest absolute Gasteiger partial charge is 0.482 e. The smallest absolute Gasteiger partial charge is 0.261 e. The first-order valence-electron chi connectivity index (χ1n) is 11.8. The minimum Gasteiger partial charge on any atom is -0.482 e. The van der Waals surface area contributed by atoms with Gasteiger partial charge in [-0.1, -0.05) is 83.4 Å². The molecule has 0 aliphatic rings. The number of rotatable bonds is 9. The van der Waals surface area contributed by atoms with Gasteiger partial charge in [0.2, 0.25) is 5.91 Å². The van der Waals surface area contributed by atoms with E-state index in [1.54, 1.807) is 23.1 Å². The molecule has 3 aromatic rings. The molecule has 0 saturated carbocycles. The number of hydrogen-bond donors (Lipinski definition) is 1. The van der Waals surface area contributed by atoms with E-state index in [-0.39, 0.29) is 25.0 Å². The van der Waals surface area contributed by atoms with Crippen LogP contribution in [0.4, 0.5) is 0 Å². The van der Waals surface area contributed by atoms with Crippen LogP contribution < -0.4 is 10.1 Å². The van der Waals surface area contributed by atoms with Crippen LogP contribution >= 0.6 is 23.2 Å². The molecular formula is C29H32Cl2N2O3. The van der Waals surface area contributed by atoms with E-state index >= 15 is 0 Å². The Kier molecular flexibility index (Phi) is 9.41. The van der Waals surface area contributed by atoms with Gasteiger partial charge in [-0.3, -0.25) is 9.59 Å². The first-order chi connectivity index (χ1) is 17.0. The predicted octanol–water partition coefficient (Wildman–Crippen LogP) is 6.24. The van der Waals surface area contributed by atoms with Gasteiger partial charge in [0.25, 0.3) is 5.91 Å². The van der Waals surface area contributed by atoms with Crippen molar-refractivity contribution >= 4 is 35.0 Å². The maximum absolute atomic E-state index is 13.6. The molecule has 2 amide bonds. The quantitative estimate of drug-likeness (QED) is 0.359. The van der Waals surface area contributed by atoms with Crippen molar-refractivity contribution in [2.75, 3.05) is 6.61 Å². The molecule has 0 aromatic heterocycles. The highest BCUT2D eigenvalue weighted by molar-refractivity contribution is 6.35. The number of nitrogens with one attached hydrogen (secondary N) is 1. The van der Waals surface area contributed by atoms with Crippen LogP contribution in [0.15, 0.2) is 72.8 Å². The van der Waals surface area contributed by atoms with Crippen LogP contribution in [0.1, 0.15) is 37.5 Å². The van der Waals surface area contributed by atoms with Crippen LogP contribution in [0.2, 0.25) is 10.0 Å². The molecule has 7 heteroatoms. The molecule has 5 nitrogen and oxygen atoms in total. The van der Waals surface area contributed by atoms with E-state index in [1.165, 1.54) is 0 Å². The molecule has 0 heterocycles. The van der Waals surface area contributed by atoms with Crippen molar-refractivity contribution in [3.63, 3.8) is 0 Å². The summed E-state index contributed by atoms with van der Waals surface area (Å²) in [6.07, 6.45) is 0.363. The van der Waals surface area contributed by atoms with Crippen LogP contribution in [0, 0.1) is 6.92 Å². The third-order valence-corrected chi connectivity index (χ3v) is 6.02. The number of aryl methyl sites for hydroxylation is 1. The van der Waals surface area contributed by atoms with Crippen LogP contribution in [0.5, 0.6) is 5.75 Å². The van der Waals surface area contributed by atoms with Gasteiger partial charge in [-0.15, -0.1) is 0 Å². The second-order valence-electron chi connectivity index (χ2n) is 9.82. The number of ether oxygens (including phenoxy) is 1. The lowest BCUT2D eigenvalue weighted by atomic mass is 10.0. The summed E-state index contributed by atoms with van der Waals surface area (Å²) in [4.78, 5) is 28.7. The first kappa shape index (κ1) is 27.6. The van der Waals surface area contributed by atoms with Gasteiger partial charge in [0.05, 0.1) is 5.02 Å². The van der Waals surface area contributed by atoms with Crippen LogP contribution in [0.3, 0.4) is 0 Å². The molecule has 0 aliphatic carbocycles. The number of amides is 2. The number of benzene rings is 3. The van der Waals surface area contributed by atoms with Crippen molar-refractivity contribution in [2.24, 2.45) is 0 Å². The molecule has 0 fully saturated rings. The van der Waals surface area contributed by atoms with E-state index in [1.807, 2.05) is 82.3 Å². The second-order valence-corrected chi connectivity index (χ2v) is 10.7.